The number of aryl methyl sites for hydroxylation is 1. The van der Waals surface area contributed by atoms with Gasteiger partial charge in [0.15, 0.2) is 5.82 Å². The average molecular weight is 324 g/mol. The van der Waals surface area contributed by atoms with Crippen molar-refractivity contribution in [1.29, 1.82) is 0 Å². The Balaban J connectivity index is 1.37. The fourth-order valence-corrected chi connectivity index (χ4v) is 3.24. The molecule has 0 N–H and O–H groups in total. The van der Waals surface area contributed by atoms with Crippen molar-refractivity contribution in [1.82, 2.24) is 19.9 Å². The molecule has 120 valence electrons. The van der Waals surface area contributed by atoms with Gasteiger partial charge in [0.05, 0.1) is 11.5 Å². The molecule has 2 fully saturated rings. The lowest BCUT2D eigenvalue weighted by Crippen LogP contribution is -2.51. The van der Waals surface area contributed by atoms with Crippen LogP contribution >= 0.6 is 11.8 Å². The van der Waals surface area contributed by atoms with E-state index in [4.69, 9.17) is 4.52 Å². The van der Waals surface area contributed by atoms with Crippen molar-refractivity contribution < 1.29 is 14.1 Å². The van der Waals surface area contributed by atoms with Gasteiger partial charge in [0.25, 0.3) is 0 Å². The van der Waals surface area contributed by atoms with Crippen LogP contribution in [0.1, 0.15) is 24.6 Å². The van der Waals surface area contributed by atoms with Crippen LogP contribution in [0.2, 0.25) is 0 Å². The first-order valence-corrected chi connectivity index (χ1v) is 8.72. The first-order valence-electron chi connectivity index (χ1n) is 7.57. The molecule has 0 atom stereocenters. The molecule has 0 radical (unpaired) electrons. The Hall–Kier alpha value is -1.57. The summed E-state index contributed by atoms with van der Waals surface area (Å²) in [6.45, 7) is 4.35. The van der Waals surface area contributed by atoms with Gasteiger partial charge in [-0.1, -0.05) is 5.16 Å². The van der Waals surface area contributed by atoms with Gasteiger partial charge >= 0.3 is 0 Å². The normalized spacial score (nSPS) is 18.6. The summed E-state index contributed by atoms with van der Waals surface area (Å²) in [7, 11) is 0. The molecular weight excluding hydrogens is 304 g/mol. The van der Waals surface area contributed by atoms with Gasteiger partial charge in [-0.2, -0.15) is 4.98 Å². The smallest absolute Gasteiger partial charge is 0.232 e. The third-order valence-corrected chi connectivity index (χ3v) is 4.81. The van der Waals surface area contributed by atoms with E-state index in [2.05, 4.69) is 10.1 Å². The second kappa shape index (κ2) is 6.68. The molecule has 22 heavy (non-hydrogen) atoms. The first-order chi connectivity index (χ1) is 10.6. The predicted molar refractivity (Wildman–Crippen MR) is 81.1 cm³/mol. The summed E-state index contributed by atoms with van der Waals surface area (Å²) in [6, 6.07) is 0. The molecule has 7 nitrogen and oxygen atoms in total. The van der Waals surface area contributed by atoms with Crippen LogP contribution in [0.3, 0.4) is 0 Å². The molecule has 2 heterocycles. The number of nitrogens with zero attached hydrogens (tertiary/aromatic N) is 4. The van der Waals surface area contributed by atoms with Crippen LogP contribution in [-0.2, 0) is 15.3 Å². The molecule has 0 aromatic carbocycles. The molecule has 1 aliphatic heterocycles. The molecule has 1 saturated carbocycles. The Morgan fingerprint density at radius 3 is 2.50 bits per heavy atom. The number of piperazine rings is 1. The maximum atomic E-state index is 12.2. The molecular formula is C14H20N4O3S. The van der Waals surface area contributed by atoms with Crippen LogP contribution < -0.4 is 0 Å². The van der Waals surface area contributed by atoms with Crippen LogP contribution in [0.15, 0.2) is 4.52 Å². The lowest BCUT2D eigenvalue weighted by Gasteiger charge is -2.34. The van der Waals surface area contributed by atoms with Gasteiger partial charge in [-0.3, -0.25) is 9.59 Å². The second-order valence-electron chi connectivity index (χ2n) is 5.70. The van der Waals surface area contributed by atoms with Crippen molar-refractivity contribution >= 4 is 23.6 Å². The molecule has 2 amide bonds. The number of hydrogen-bond acceptors (Lipinski definition) is 6. The Morgan fingerprint density at radius 2 is 1.91 bits per heavy atom. The lowest BCUT2D eigenvalue weighted by molar-refractivity contribution is -0.139. The van der Waals surface area contributed by atoms with E-state index in [1.165, 1.54) is 11.8 Å². The van der Waals surface area contributed by atoms with E-state index in [-0.39, 0.29) is 17.7 Å². The summed E-state index contributed by atoms with van der Waals surface area (Å²) in [5, 5.41) is 3.80. The van der Waals surface area contributed by atoms with Crippen molar-refractivity contribution in [3.05, 3.63) is 11.7 Å². The molecule has 0 bridgehead atoms. The monoisotopic (exact) mass is 324 g/mol. The summed E-state index contributed by atoms with van der Waals surface area (Å²) in [6.07, 6.45) is 2.06. The Labute approximate surface area is 133 Å². The molecule has 8 heteroatoms. The summed E-state index contributed by atoms with van der Waals surface area (Å²) < 4.78 is 4.89. The van der Waals surface area contributed by atoms with E-state index in [1.54, 1.807) is 6.92 Å². The van der Waals surface area contributed by atoms with Crippen LogP contribution in [0.25, 0.3) is 0 Å². The van der Waals surface area contributed by atoms with E-state index in [0.29, 0.717) is 49.4 Å². The number of aromatic nitrogens is 2. The summed E-state index contributed by atoms with van der Waals surface area (Å²) in [5.74, 6) is 2.79. The Morgan fingerprint density at radius 1 is 1.23 bits per heavy atom. The van der Waals surface area contributed by atoms with Crippen molar-refractivity contribution in [2.24, 2.45) is 5.92 Å². The van der Waals surface area contributed by atoms with E-state index in [1.807, 2.05) is 9.80 Å². The summed E-state index contributed by atoms with van der Waals surface area (Å²) in [5.41, 5.74) is 0. The highest BCUT2D eigenvalue weighted by molar-refractivity contribution is 7.99. The van der Waals surface area contributed by atoms with E-state index in [0.717, 1.165) is 12.8 Å². The molecule has 0 unspecified atom stereocenters. The van der Waals surface area contributed by atoms with Crippen molar-refractivity contribution in [3.63, 3.8) is 0 Å². The third kappa shape index (κ3) is 3.79. The molecule has 3 rings (SSSR count). The average Bonchev–Trinajstić information content (AvgIpc) is 3.30. The summed E-state index contributed by atoms with van der Waals surface area (Å²) in [4.78, 5) is 32.0. The predicted octanol–water partition coefficient (Wildman–Crippen LogP) is 0.692. The Bertz CT molecular complexity index is 550. The van der Waals surface area contributed by atoms with E-state index in [9.17, 15) is 9.59 Å². The van der Waals surface area contributed by atoms with Gasteiger partial charge in [-0.15, -0.1) is 11.8 Å². The fraction of sp³-hybridized carbons (Fsp3) is 0.714. The van der Waals surface area contributed by atoms with Crippen molar-refractivity contribution in [2.45, 2.75) is 25.5 Å². The van der Waals surface area contributed by atoms with Gasteiger partial charge in [0.2, 0.25) is 17.7 Å². The maximum absolute atomic E-state index is 12.2. The highest BCUT2D eigenvalue weighted by Gasteiger charge is 2.35. The Kier molecular flexibility index (Phi) is 4.66. The topological polar surface area (TPSA) is 79.5 Å². The summed E-state index contributed by atoms with van der Waals surface area (Å²) >= 11 is 1.49. The minimum absolute atomic E-state index is 0.115. The van der Waals surface area contributed by atoms with Gasteiger partial charge in [0, 0.05) is 39.0 Å². The zero-order chi connectivity index (χ0) is 15.5. The molecule has 2 aliphatic rings. The second-order valence-corrected chi connectivity index (χ2v) is 6.69. The largest absolute Gasteiger partial charge is 0.340 e. The number of hydrogen-bond donors (Lipinski definition) is 0. The van der Waals surface area contributed by atoms with Crippen LogP contribution in [0.5, 0.6) is 0 Å². The van der Waals surface area contributed by atoms with Gasteiger partial charge in [0.1, 0.15) is 0 Å². The number of rotatable bonds is 5. The third-order valence-electron chi connectivity index (χ3n) is 3.90. The number of amides is 2. The minimum atomic E-state index is 0.115. The maximum Gasteiger partial charge on any atom is 0.232 e. The van der Waals surface area contributed by atoms with Crippen molar-refractivity contribution in [3.8, 4) is 0 Å². The molecule has 1 aromatic rings. The molecule has 0 spiro atoms. The van der Waals surface area contributed by atoms with Crippen molar-refractivity contribution in [2.75, 3.05) is 31.9 Å². The van der Waals surface area contributed by atoms with Crippen LogP contribution in [0, 0.1) is 12.8 Å². The zero-order valence-corrected chi connectivity index (χ0v) is 13.5. The minimum Gasteiger partial charge on any atom is -0.340 e. The first kappa shape index (κ1) is 15.3. The van der Waals surface area contributed by atoms with Gasteiger partial charge < -0.3 is 14.3 Å². The molecule has 1 saturated heterocycles. The quantitative estimate of drug-likeness (QED) is 0.793. The number of thioether (sulfide) groups is 1. The standard InChI is InChI=1S/C14H20N4O3S/c1-10-15-12(16-21-10)8-22-9-13(19)17-4-6-18(7-5-17)14(20)11-2-3-11/h11H,2-9H2,1H3. The lowest BCUT2D eigenvalue weighted by atomic mass is 10.2. The SMILES string of the molecule is Cc1nc(CSCC(=O)N2CCN(C(=O)C3CC3)CC2)no1. The van der Waals surface area contributed by atoms with Gasteiger partial charge in [-0.25, -0.2) is 0 Å². The zero-order valence-electron chi connectivity index (χ0n) is 12.7. The van der Waals surface area contributed by atoms with Crippen LogP contribution in [-0.4, -0.2) is 63.7 Å². The number of carbonyl (C=O) groups excluding carboxylic acids is 2. The van der Waals surface area contributed by atoms with E-state index < -0.39 is 0 Å². The highest BCUT2D eigenvalue weighted by Crippen LogP contribution is 2.31. The van der Waals surface area contributed by atoms with E-state index >= 15 is 0 Å². The van der Waals surface area contributed by atoms with Crippen LogP contribution in [0.4, 0.5) is 0 Å². The molecule has 1 aliphatic carbocycles. The molecule has 1 aromatic heterocycles. The van der Waals surface area contributed by atoms with Gasteiger partial charge in [-0.05, 0) is 12.8 Å². The fourth-order valence-electron chi connectivity index (χ4n) is 2.49. The number of carbonyl (C=O) groups is 2. The highest BCUT2D eigenvalue weighted by atomic mass is 32.2.